The van der Waals surface area contributed by atoms with Gasteiger partial charge < -0.3 is 4.74 Å². The van der Waals surface area contributed by atoms with Crippen molar-refractivity contribution in [1.82, 2.24) is 4.98 Å². The molecular formula is C14H13NO2. The Labute approximate surface area is 100 Å². The molecule has 17 heavy (non-hydrogen) atoms. The van der Waals surface area contributed by atoms with Gasteiger partial charge in [0.25, 0.3) is 0 Å². The molecule has 0 aliphatic carbocycles. The Kier molecular flexibility index (Phi) is 3.50. The summed E-state index contributed by atoms with van der Waals surface area (Å²) in [6.07, 6.45) is 3.49. The average molecular weight is 227 g/mol. The van der Waals surface area contributed by atoms with E-state index in [1.54, 1.807) is 31.5 Å². The number of hydrogen-bond donors (Lipinski definition) is 0. The maximum atomic E-state index is 11.5. The molecule has 0 aliphatic heterocycles. The van der Waals surface area contributed by atoms with E-state index >= 15 is 0 Å². The Bertz CT molecular complexity index is 491. The van der Waals surface area contributed by atoms with Crippen LogP contribution in [0.4, 0.5) is 0 Å². The van der Waals surface area contributed by atoms with Crippen LogP contribution in [-0.2, 0) is 4.74 Å². The molecule has 1 heterocycles. The summed E-state index contributed by atoms with van der Waals surface area (Å²) in [5, 5.41) is 0. The van der Waals surface area contributed by atoms with E-state index in [1.807, 2.05) is 24.3 Å². The Morgan fingerprint density at radius 1 is 1.06 bits per heavy atom. The monoisotopic (exact) mass is 227 g/mol. The summed E-state index contributed by atoms with van der Waals surface area (Å²) in [7, 11) is 0. The lowest BCUT2D eigenvalue weighted by Crippen LogP contribution is -2.03. The number of ether oxygens (including phenoxy) is 1. The molecule has 3 heteroatoms. The lowest BCUT2D eigenvalue weighted by atomic mass is 10.1. The van der Waals surface area contributed by atoms with Crippen molar-refractivity contribution >= 4 is 5.97 Å². The van der Waals surface area contributed by atoms with Crippen LogP contribution in [0.1, 0.15) is 17.3 Å². The number of carbonyl (C=O) groups excluding carboxylic acids is 1. The van der Waals surface area contributed by atoms with Crippen LogP contribution < -0.4 is 0 Å². The van der Waals surface area contributed by atoms with Crippen molar-refractivity contribution in [3.63, 3.8) is 0 Å². The van der Waals surface area contributed by atoms with Crippen molar-refractivity contribution in [3.05, 3.63) is 54.4 Å². The average Bonchev–Trinajstić information content (AvgIpc) is 2.40. The van der Waals surface area contributed by atoms with Crippen LogP contribution in [-0.4, -0.2) is 17.6 Å². The molecule has 0 spiro atoms. The highest BCUT2D eigenvalue weighted by atomic mass is 16.5. The number of carbonyl (C=O) groups is 1. The molecular weight excluding hydrogens is 214 g/mol. The molecule has 0 saturated carbocycles. The summed E-state index contributed by atoms with van der Waals surface area (Å²) in [5.41, 5.74) is 2.71. The molecule has 2 aromatic rings. The molecule has 1 aromatic carbocycles. The second kappa shape index (κ2) is 5.25. The molecule has 0 fully saturated rings. The molecule has 0 aliphatic rings. The largest absolute Gasteiger partial charge is 0.462 e. The molecule has 0 atom stereocenters. The van der Waals surface area contributed by atoms with Crippen LogP contribution in [0.2, 0.25) is 0 Å². The molecule has 0 N–H and O–H groups in total. The predicted octanol–water partition coefficient (Wildman–Crippen LogP) is 2.93. The van der Waals surface area contributed by atoms with E-state index in [9.17, 15) is 4.79 Å². The van der Waals surface area contributed by atoms with Gasteiger partial charge in [0.05, 0.1) is 12.2 Å². The summed E-state index contributed by atoms with van der Waals surface area (Å²) in [6.45, 7) is 2.19. The van der Waals surface area contributed by atoms with E-state index in [2.05, 4.69) is 4.98 Å². The van der Waals surface area contributed by atoms with Crippen molar-refractivity contribution in [2.45, 2.75) is 6.92 Å². The summed E-state index contributed by atoms with van der Waals surface area (Å²) in [6, 6.07) is 11.2. The van der Waals surface area contributed by atoms with Gasteiger partial charge in [-0.15, -0.1) is 0 Å². The van der Waals surface area contributed by atoms with E-state index in [1.165, 1.54) is 0 Å². The molecule has 3 nitrogen and oxygen atoms in total. The van der Waals surface area contributed by atoms with Gasteiger partial charge in [-0.3, -0.25) is 4.98 Å². The number of pyridine rings is 1. The van der Waals surface area contributed by atoms with Gasteiger partial charge in [0.2, 0.25) is 0 Å². The number of rotatable bonds is 3. The highest BCUT2D eigenvalue weighted by Gasteiger charge is 2.05. The highest BCUT2D eigenvalue weighted by Crippen LogP contribution is 2.18. The van der Waals surface area contributed by atoms with Crippen molar-refractivity contribution < 1.29 is 9.53 Å². The molecule has 86 valence electrons. The first-order valence-corrected chi connectivity index (χ1v) is 5.49. The van der Waals surface area contributed by atoms with Gasteiger partial charge in [-0.1, -0.05) is 12.1 Å². The first kappa shape index (κ1) is 11.3. The van der Waals surface area contributed by atoms with Crippen molar-refractivity contribution in [2.75, 3.05) is 6.61 Å². The standard InChI is InChI=1S/C14H13NO2/c1-2-17-14(16)13-5-3-11(4-6-13)12-7-9-15-10-8-12/h3-10H,2H2,1H3. The van der Waals surface area contributed by atoms with Gasteiger partial charge in [-0.05, 0) is 42.3 Å². The number of nitrogens with zero attached hydrogens (tertiary/aromatic N) is 1. The molecule has 0 amide bonds. The second-order valence-corrected chi connectivity index (χ2v) is 3.53. The second-order valence-electron chi connectivity index (χ2n) is 3.53. The van der Waals surface area contributed by atoms with Gasteiger partial charge in [-0.2, -0.15) is 0 Å². The maximum Gasteiger partial charge on any atom is 0.338 e. The van der Waals surface area contributed by atoms with E-state index in [0.29, 0.717) is 12.2 Å². The third-order valence-corrected chi connectivity index (χ3v) is 2.41. The van der Waals surface area contributed by atoms with E-state index < -0.39 is 0 Å². The number of hydrogen-bond acceptors (Lipinski definition) is 3. The fraction of sp³-hybridized carbons (Fsp3) is 0.143. The molecule has 0 unspecified atom stereocenters. The summed E-state index contributed by atoms with van der Waals surface area (Å²) >= 11 is 0. The summed E-state index contributed by atoms with van der Waals surface area (Å²) in [5.74, 6) is -0.284. The smallest absolute Gasteiger partial charge is 0.338 e. The highest BCUT2D eigenvalue weighted by molar-refractivity contribution is 5.90. The Balaban J connectivity index is 2.22. The number of esters is 1. The molecule has 1 aromatic heterocycles. The van der Waals surface area contributed by atoms with Gasteiger partial charge in [0, 0.05) is 12.4 Å². The lowest BCUT2D eigenvalue weighted by Gasteiger charge is -2.04. The summed E-state index contributed by atoms with van der Waals surface area (Å²) in [4.78, 5) is 15.4. The minimum absolute atomic E-state index is 0.284. The molecule has 0 radical (unpaired) electrons. The lowest BCUT2D eigenvalue weighted by molar-refractivity contribution is 0.0526. The normalized spacial score (nSPS) is 9.94. The Hall–Kier alpha value is -2.16. The van der Waals surface area contributed by atoms with Crippen LogP contribution in [0.3, 0.4) is 0 Å². The van der Waals surface area contributed by atoms with Crippen molar-refractivity contribution in [3.8, 4) is 11.1 Å². The SMILES string of the molecule is CCOC(=O)c1ccc(-c2ccncc2)cc1. The topological polar surface area (TPSA) is 39.2 Å². The third kappa shape index (κ3) is 2.69. The van der Waals surface area contributed by atoms with Crippen LogP contribution in [0.25, 0.3) is 11.1 Å². The first-order valence-electron chi connectivity index (χ1n) is 5.49. The molecule has 2 rings (SSSR count). The van der Waals surface area contributed by atoms with Crippen molar-refractivity contribution in [1.29, 1.82) is 0 Å². The Morgan fingerprint density at radius 2 is 1.65 bits per heavy atom. The molecule has 0 bridgehead atoms. The van der Waals surface area contributed by atoms with E-state index in [-0.39, 0.29) is 5.97 Å². The first-order chi connectivity index (χ1) is 8.31. The van der Waals surface area contributed by atoms with Gasteiger partial charge in [0.15, 0.2) is 0 Å². The zero-order valence-electron chi connectivity index (χ0n) is 9.59. The third-order valence-electron chi connectivity index (χ3n) is 2.41. The van der Waals surface area contributed by atoms with Crippen LogP contribution >= 0.6 is 0 Å². The molecule has 0 saturated heterocycles. The fourth-order valence-electron chi connectivity index (χ4n) is 1.56. The predicted molar refractivity (Wildman–Crippen MR) is 65.6 cm³/mol. The van der Waals surface area contributed by atoms with Gasteiger partial charge >= 0.3 is 5.97 Å². The van der Waals surface area contributed by atoms with E-state index in [4.69, 9.17) is 4.74 Å². The van der Waals surface area contributed by atoms with Crippen LogP contribution in [0, 0.1) is 0 Å². The number of aromatic nitrogens is 1. The van der Waals surface area contributed by atoms with Gasteiger partial charge in [0.1, 0.15) is 0 Å². The fourth-order valence-corrected chi connectivity index (χ4v) is 1.56. The van der Waals surface area contributed by atoms with E-state index in [0.717, 1.165) is 11.1 Å². The number of benzene rings is 1. The van der Waals surface area contributed by atoms with Gasteiger partial charge in [-0.25, -0.2) is 4.79 Å². The minimum Gasteiger partial charge on any atom is -0.462 e. The Morgan fingerprint density at radius 3 is 2.24 bits per heavy atom. The minimum atomic E-state index is -0.284. The zero-order valence-corrected chi connectivity index (χ0v) is 9.59. The summed E-state index contributed by atoms with van der Waals surface area (Å²) < 4.78 is 4.92. The zero-order chi connectivity index (χ0) is 12.1. The quantitative estimate of drug-likeness (QED) is 0.757. The maximum absolute atomic E-state index is 11.5. The van der Waals surface area contributed by atoms with Crippen LogP contribution in [0.15, 0.2) is 48.8 Å². The van der Waals surface area contributed by atoms with Crippen LogP contribution in [0.5, 0.6) is 0 Å². The van der Waals surface area contributed by atoms with Crippen molar-refractivity contribution in [2.24, 2.45) is 0 Å².